The molecule has 106 valence electrons. The van der Waals surface area contributed by atoms with Gasteiger partial charge in [-0.3, -0.25) is 0 Å². The van der Waals surface area contributed by atoms with Gasteiger partial charge in [0.1, 0.15) is 5.52 Å². The minimum atomic E-state index is -0.370. The second kappa shape index (κ2) is 5.36. The topological polar surface area (TPSA) is 57.0 Å². The van der Waals surface area contributed by atoms with Crippen LogP contribution in [0.3, 0.4) is 0 Å². The summed E-state index contributed by atoms with van der Waals surface area (Å²) in [7, 11) is 1.36. The van der Waals surface area contributed by atoms with Gasteiger partial charge in [-0.05, 0) is 36.2 Å². The molecular formula is C16H15N3O2. The molecule has 0 spiro atoms. The first kappa shape index (κ1) is 13.3. The molecule has 0 fully saturated rings. The summed E-state index contributed by atoms with van der Waals surface area (Å²) in [5.41, 5.74) is 4.47. The third kappa shape index (κ3) is 2.50. The number of rotatable bonds is 3. The lowest BCUT2D eigenvalue weighted by molar-refractivity contribution is 0.0601. The molecule has 3 rings (SSSR count). The van der Waals surface area contributed by atoms with Crippen LogP contribution < -0.4 is 0 Å². The fraction of sp³-hybridized carbons (Fsp3) is 0.188. The fourth-order valence-electron chi connectivity index (χ4n) is 2.28. The van der Waals surface area contributed by atoms with Gasteiger partial charge in [-0.25, -0.2) is 9.48 Å². The Hall–Kier alpha value is -2.69. The van der Waals surface area contributed by atoms with Gasteiger partial charge in [-0.15, -0.1) is 5.10 Å². The van der Waals surface area contributed by atoms with Crippen molar-refractivity contribution in [3.8, 4) is 0 Å². The fourth-order valence-corrected chi connectivity index (χ4v) is 2.28. The monoisotopic (exact) mass is 281 g/mol. The van der Waals surface area contributed by atoms with Gasteiger partial charge in [0.25, 0.3) is 0 Å². The van der Waals surface area contributed by atoms with Gasteiger partial charge in [-0.1, -0.05) is 29.5 Å². The van der Waals surface area contributed by atoms with Crippen molar-refractivity contribution in [3.63, 3.8) is 0 Å². The van der Waals surface area contributed by atoms with Crippen molar-refractivity contribution >= 4 is 17.0 Å². The molecule has 0 unspecified atom stereocenters. The van der Waals surface area contributed by atoms with E-state index in [1.165, 1.54) is 18.2 Å². The van der Waals surface area contributed by atoms with Crippen molar-refractivity contribution < 1.29 is 9.53 Å². The molecule has 0 amide bonds. The van der Waals surface area contributed by atoms with Crippen molar-refractivity contribution in [1.29, 1.82) is 0 Å². The van der Waals surface area contributed by atoms with E-state index in [1.54, 1.807) is 12.1 Å². The standard InChI is InChI=1S/C16H15N3O2/c1-11-5-3-4-6-13(11)10-19-15-8-7-12(16(20)21-2)9-14(15)17-18-19/h3-9H,10H2,1-2H3. The Bertz CT molecular complexity index is 808. The van der Waals surface area contributed by atoms with E-state index in [4.69, 9.17) is 4.74 Å². The Morgan fingerprint density at radius 2 is 2.05 bits per heavy atom. The summed E-state index contributed by atoms with van der Waals surface area (Å²) < 4.78 is 6.54. The summed E-state index contributed by atoms with van der Waals surface area (Å²) in [5.74, 6) is -0.370. The van der Waals surface area contributed by atoms with Crippen LogP contribution in [0.1, 0.15) is 21.5 Å². The Labute approximate surface area is 122 Å². The van der Waals surface area contributed by atoms with Gasteiger partial charge >= 0.3 is 5.97 Å². The largest absolute Gasteiger partial charge is 0.465 e. The van der Waals surface area contributed by atoms with Gasteiger partial charge in [0.05, 0.1) is 24.7 Å². The van der Waals surface area contributed by atoms with Crippen LogP contribution in [0.2, 0.25) is 0 Å². The Kier molecular flexibility index (Phi) is 3.39. The number of esters is 1. The molecular weight excluding hydrogens is 266 g/mol. The Morgan fingerprint density at radius 3 is 2.81 bits per heavy atom. The number of nitrogens with zero attached hydrogens (tertiary/aromatic N) is 3. The van der Waals surface area contributed by atoms with Crippen molar-refractivity contribution in [3.05, 3.63) is 59.2 Å². The van der Waals surface area contributed by atoms with Crippen LogP contribution in [-0.2, 0) is 11.3 Å². The van der Waals surface area contributed by atoms with Crippen molar-refractivity contribution in [1.82, 2.24) is 15.0 Å². The van der Waals surface area contributed by atoms with Gasteiger partial charge in [0.2, 0.25) is 0 Å². The summed E-state index contributed by atoms with van der Waals surface area (Å²) in [6.07, 6.45) is 0. The van der Waals surface area contributed by atoms with E-state index in [1.807, 2.05) is 22.9 Å². The van der Waals surface area contributed by atoms with Crippen LogP contribution in [-0.4, -0.2) is 28.1 Å². The number of benzene rings is 2. The van der Waals surface area contributed by atoms with E-state index < -0.39 is 0 Å². The maximum Gasteiger partial charge on any atom is 0.337 e. The average Bonchev–Trinajstić information content (AvgIpc) is 2.91. The first-order chi connectivity index (χ1) is 10.2. The number of ether oxygens (including phenoxy) is 1. The number of hydrogen-bond acceptors (Lipinski definition) is 4. The lowest BCUT2D eigenvalue weighted by atomic mass is 10.1. The molecule has 0 N–H and O–H groups in total. The van der Waals surface area contributed by atoms with E-state index in [2.05, 4.69) is 29.4 Å². The third-order valence-electron chi connectivity index (χ3n) is 3.52. The lowest BCUT2D eigenvalue weighted by Crippen LogP contribution is -2.04. The number of methoxy groups -OCH3 is 1. The molecule has 0 atom stereocenters. The molecule has 3 aromatic rings. The molecule has 0 aliphatic heterocycles. The van der Waals surface area contributed by atoms with Crippen molar-refractivity contribution in [2.45, 2.75) is 13.5 Å². The predicted octanol–water partition coefficient (Wildman–Crippen LogP) is 2.57. The number of hydrogen-bond donors (Lipinski definition) is 0. The smallest absolute Gasteiger partial charge is 0.337 e. The summed E-state index contributed by atoms with van der Waals surface area (Å²) in [6.45, 7) is 2.73. The van der Waals surface area contributed by atoms with Gasteiger partial charge in [-0.2, -0.15) is 0 Å². The summed E-state index contributed by atoms with van der Waals surface area (Å²) >= 11 is 0. The highest BCUT2D eigenvalue weighted by Crippen LogP contribution is 2.16. The maximum atomic E-state index is 11.5. The SMILES string of the molecule is COC(=O)c1ccc2c(c1)nnn2Cc1ccccc1C. The molecule has 1 aromatic heterocycles. The van der Waals surface area contributed by atoms with Crippen LogP contribution in [0.5, 0.6) is 0 Å². The highest BCUT2D eigenvalue weighted by molar-refractivity contribution is 5.93. The second-order valence-corrected chi connectivity index (χ2v) is 4.87. The summed E-state index contributed by atoms with van der Waals surface area (Å²) in [6, 6.07) is 13.4. The molecule has 1 heterocycles. The third-order valence-corrected chi connectivity index (χ3v) is 3.52. The van der Waals surface area contributed by atoms with Crippen molar-refractivity contribution in [2.75, 3.05) is 7.11 Å². The Balaban J connectivity index is 1.98. The van der Waals surface area contributed by atoms with Crippen LogP contribution in [0, 0.1) is 6.92 Å². The Morgan fingerprint density at radius 1 is 1.24 bits per heavy atom. The van der Waals surface area contributed by atoms with Crippen LogP contribution >= 0.6 is 0 Å². The predicted molar refractivity (Wildman–Crippen MR) is 79.1 cm³/mol. The van der Waals surface area contributed by atoms with E-state index in [0.717, 1.165) is 5.52 Å². The number of fused-ring (bicyclic) bond motifs is 1. The molecule has 0 saturated heterocycles. The molecule has 21 heavy (non-hydrogen) atoms. The molecule has 0 radical (unpaired) electrons. The zero-order chi connectivity index (χ0) is 14.8. The van der Waals surface area contributed by atoms with Gasteiger partial charge in [0, 0.05) is 0 Å². The molecule has 0 aliphatic carbocycles. The summed E-state index contributed by atoms with van der Waals surface area (Å²) in [5, 5.41) is 8.30. The first-order valence-electron chi connectivity index (χ1n) is 6.65. The normalized spacial score (nSPS) is 10.8. The van der Waals surface area contributed by atoms with Crippen molar-refractivity contribution in [2.24, 2.45) is 0 Å². The molecule has 0 saturated carbocycles. The van der Waals surface area contributed by atoms with E-state index in [0.29, 0.717) is 17.6 Å². The lowest BCUT2D eigenvalue weighted by Gasteiger charge is -2.06. The van der Waals surface area contributed by atoms with Gasteiger partial charge in [0.15, 0.2) is 0 Å². The van der Waals surface area contributed by atoms with Crippen LogP contribution in [0.15, 0.2) is 42.5 Å². The summed E-state index contributed by atoms with van der Waals surface area (Å²) in [4.78, 5) is 11.5. The van der Waals surface area contributed by atoms with E-state index in [9.17, 15) is 4.79 Å². The zero-order valence-corrected chi connectivity index (χ0v) is 11.9. The quantitative estimate of drug-likeness (QED) is 0.692. The minimum Gasteiger partial charge on any atom is -0.465 e. The van der Waals surface area contributed by atoms with Crippen LogP contribution in [0.25, 0.3) is 11.0 Å². The minimum absolute atomic E-state index is 0.370. The number of carbonyl (C=O) groups is 1. The van der Waals surface area contributed by atoms with Crippen LogP contribution in [0.4, 0.5) is 0 Å². The zero-order valence-electron chi connectivity index (χ0n) is 11.9. The second-order valence-electron chi connectivity index (χ2n) is 4.87. The van der Waals surface area contributed by atoms with E-state index in [-0.39, 0.29) is 5.97 Å². The molecule has 2 aromatic carbocycles. The maximum absolute atomic E-state index is 11.5. The molecule has 0 aliphatic rings. The number of aromatic nitrogens is 3. The highest BCUT2D eigenvalue weighted by Gasteiger charge is 2.11. The van der Waals surface area contributed by atoms with E-state index >= 15 is 0 Å². The van der Waals surface area contributed by atoms with Gasteiger partial charge < -0.3 is 4.74 Å². The number of aryl methyl sites for hydroxylation is 1. The highest BCUT2D eigenvalue weighted by atomic mass is 16.5. The number of carbonyl (C=O) groups excluding carboxylic acids is 1. The molecule has 5 heteroatoms. The molecule has 5 nitrogen and oxygen atoms in total. The average molecular weight is 281 g/mol. The molecule has 0 bridgehead atoms. The first-order valence-corrected chi connectivity index (χ1v) is 6.65.